The maximum absolute atomic E-state index is 5.49. The molecule has 0 fully saturated rings. The first-order valence-corrected chi connectivity index (χ1v) is 6.02. The smallest absolute Gasteiger partial charge is 0.120 e. The van der Waals surface area contributed by atoms with Gasteiger partial charge in [0.2, 0.25) is 0 Å². The highest BCUT2D eigenvalue weighted by molar-refractivity contribution is 6.34. The molecule has 0 amide bonds. The molecule has 0 aliphatic heterocycles. The van der Waals surface area contributed by atoms with E-state index in [9.17, 15) is 0 Å². The molecule has 0 saturated heterocycles. The van der Waals surface area contributed by atoms with Gasteiger partial charge in [-0.15, -0.1) is 0 Å². The number of benzene rings is 1. The van der Waals surface area contributed by atoms with Gasteiger partial charge in [-0.1, -0.05) is 38.5 Å². The van der Waals surface area contributed by atoms with E-state index < -0.39 is 0 Å². The summed E-state index contributed by atoms with van der Waals surface area (Å²) >= 11 is 0. The molecule has 1 aromatic carbocycles. The second-order valence-corrected chi connectivity index (χ2v) is 5.99. The van der Waals surface area contributed by atoms with Gasteiger partial charge in [-0.2, -0.15) is 0 Å². The summed E-state index contributed by atoms with van der Waals surface area (Å²) in [6, 6.07) is 4.46. The van der Waals surface area contributed by atoms with Crippen LogP contribution >= 0.6 is 0 Å². The molecule has 0 unspecified atom stereocenters. The largest absolute Gasteiger partial charge is 0.497 e. The summed E-state index contributed by atoms with van der Waals surface area (Å²) in [6.07, 6.45) is 0. The van der Waals surface area contributed by atoms with Crippen molar-refractivity contribution < 1.29 is 4.74 Å². The van der Waals surface area contributed by atoms with Crippen LogP contribution in [0.25, 0.3) is 0 Å². The molecule has 0 bridgehead atoms. The van der Waals surface area contributed by atoms with Crippen molar-refractivity contribution in [2.45, 2.75) is 33.1 Å². The van der Waals surface area contributed by atoms with E-state index in [4.69, 9.17) is 4.74 Å². The van der Waals surface area contributed by atoms with E-state index >= 15 is 0 Å². The van der Waals surface area contributed by atoms with Crippen LogP contribution in [0, 0.1) is 6.92 Å². The minimum Gasteiger partial charge on any atom is -0.497 e. The van der Waals surface area contributed by atoms with Crippen molar-refractivity contribution in [3.05, 3.63) is 23.3 Å². The molecule has 0 spiro atoms. The lowest BCUT2D eigenvalue weighted by molar-refractivity contribution is 0.401. The molecule has 0 atom stereocenters. The maximum atomic E-state index is 5.49. The molecule has 1 rings (SSSR count). The van der Waals surface area contributed by atoms with Crippen molar-refractivity contribution in [3.8, 4) is 5.75 Å². The predicted octanol–water partition coefficient (Wildman–Crippen LogP) is 1.29. The fraction of sp³-hybridized carbons (Fsp3) is 0.500. The first-order chi connectivity index (χ1) is 6.36. The lowest BCUT2D eigenvalue weighted by Gasteiger charge is -2.24. The van der Waals surface area contributed by atoms with E-state index in [-0.39, 0.29) is 5.41 Å². The van der Waals surface area contributed by atoms with Crippen molar-refractivity contribution in [1.29, 1.82) is 0 Å². The normalized spacial score (nSPS) is 11.8. The van der Waals surface area contributed by atoms with Crippen LogP contribution in [0.5, 0.6) is 5.75 Å². The monoisotopic (exact) mass is 208 g/mol. The van der Waals surface area contributed by atoms with Crippen molar-refractivity contribution in [1.82, 2.24) is 0 Å². The molecule has 1 nitrogen and oxygen atoms in total. The number of hydrogen-bond acceptors (Lipinski definition) is 1. The first-order valence-electron chi connectivity index (χ1n) is 5.02. The van der Waals surface area contributed by atoms with Gasteiger partial charge >= 0.3 is 0 Å². The third-order valence-corrected chi connectivity index (χ3v) is 3.17. The fourth-order valence-electron chi connectivity index (χ4n) is 1.78. The van der Waals surface area contributed by atoms with Crippen molar-refractivity contribution in [3.63, 3.8) is 0 Å². The molecule has 0 aliphatic rings. The molecule has 0 radical (unpaired) electrons. The van der Waals surface area contributed by atoms with Gasteiger partial charge in [0.25, 0.3) is 0 Å². The zero-order valence-corrected chi connectivity index (χ0v) is 12.1. The second kappa shape index (κ2) is 3.77. The Morgan fingerprint density at radius 1 is 1.21 bits per heavy atom. The van der Waals surface area contributed by atoms with Gasteiger partial charge in [-0.3, -0.25) is 0 Å². The summed E-state index contributed by atoms with van der Waals surface area (Å²) in [5, 5.41) is 1.36. The Bertz CT molecular complexity index is 337. The minimum atomic E-state index is 0.163. The molecule has 0 aliphatic carbocycles. The number of rotatable bonds is 1. The lowest BCUT2D eigenvalue weighted by atomic mass is 9.85. The van der Waals surface area contributed by atoms with Crippen molar-refractivity contribution in [2.75, 3.05) is 7.11 Å². The van der Waals surface area contributed by atoms with Crippen LogP contribution in [-0.4, -0.2) is 17.4 Å². The van der Waals surface area contributed by atoms with Crippen molar-refractivity contribution >= 4 is 15.4 Å². The highest BCUT2D eigenvalue weighted by Crippen LogP contribution is 2.30. The summed E-state index contributed by atoms with van der Waals surface area (Å²) in [5.41, 5.74) is 2.82. The Balaban J connectivity index is 3.40. The Hall–Kier alpha value is -0.763. The van der Waals surface area contributed by atoms with E-state index in [1.165, 1.54) is 16.3 Å². The quantitative estimate of drug-likeness (QED) is 0.632. The molecule has 14 heavy (non-hydrogen) atoms. The van der Waals surface area contributed by atoms with Crippen LogP contribution in [0.15, 0.2) is 12.1 Å². The van der Waals surface area contributed by atoms with Crippen LogP contribution in [0.3, 0.4) is 0 Å². The highest BCUT2D eigenvalue weighted by Gasteiger charge is 2.20. The van der Waals surface area contributed by atoms with Crippen molar-refractivity contribution in [2.24, 2.45) is 0 Å². The topological polar surface area (TPSA) is 9.23 Å². The van der Waals surface area contributed by atoms with Crippen LogP contribution in [-0.2, 0) is 5.41 Å². The lowest BCUT2D eigenvalue weighted by Crippen LogP contribution is -2.19. The van der Waals surface area contributed by atoms with E-state index in [1.807, 2.05) is 0 Å². The van der Waals surface area contributed by atoms with Gasteiger partial charge in [0, 0.05) is 10.2 Å². The maximum Gasteiger partial charge on any atom is 0.120 e. The summed E-state index contributed by atoms with van der Waals surface area (Å²) in [7, 11) is 2.81. The van der Waals surface area contributed by atoms with Gasteiger partial charge in [0.1, 0.15) is 5.75 Å². The molecule has 1 aromatic rings. The van der Waals surface area contributed by atoms with E-state index in [2.05, 4.69) is 39.8 Å². The van der Waals surface area contributed by atoms with Gasteiger partial charge in [0.15, 0.2) is 0 Å². The third-order valence-electron chi connectivity index (χ3n) is 2.43. The van der Waals surface area contributed by atoms with Crippen LogP contribution in [0.4, 0.5) is 0 Å². The minimum absolute atomic E-state index is 0.163. The number of hydrogen-bond donors (Lipinski definition) is 0. The predicted molar refractivity (Wildman–Crippen MR) is 66.0 cm³/mol. The summed E-state index contributed by atoms with van der Waals surface area (Å²) in [5.74, 6) is 1.09. The van der Waals surface area contributed by atoms with Gasteiger partial charge in [-0.05, 0) is 23.1 Å². The third kappa shape index (κ3) is 2.18. The van der Waals surface area contributed by atoms with E-state index in [0.717, 1.165) is 16.0 Å². The van der Waals surface area contributed by atoms with Gasteiger partial charge in [0.05, 0.1) is 7.11 Å². The van der Waals surface area contributed by atoms with Crippen LogP contribution < -0.4 is 9.92 Å². The Labute approximate surface area is 89.9 Å². The Morgan fingerprint density at radius 2 is 1.79 bits per heavy atom. The molecule has 2 heteroatoms. The fourth-order valence-corrected chi connectivity index (χ4v) is 2.71. The summed E-state index contributed by atoms with van der Waals surface area (Å²) in [4.78, 5) is 0. The number of methoxy groups -OCH3 is 1. The molecule has 0 aromatic heterocycles. The van der Waals surface area contributed by atoms with E-state index in [0.29, 0.717) is 0 Å². The van der Waals surface area contributed by atoms with Gasteiger partial charge < -0.3 is 4.74 Å². The average Bonchev–Trinajstić information content (AvgIpc) is 2.01. The molecular weight excluding hydrogens is 188 g/mol. The average molecular weight is 208 g/mol. The van der Waals surface area contributed by atoms with E-state index in [1.54, 1.807) is 7.11 Å². The first kappa shape index (κ1) is 11.3. The van der Waals surface area contributed by atoms with Gasteiger partial charge in [-0.25, -0.2) is 0 Å². The summed E-state index contributed by atoms with van der Waals surface area (Å²) < 4.78 is 5.49. The van der Waals surface area contributed by atoms with Crippen LogP contribution in [0.1, 0.15) is 31.9 Å². The molecule has 0 heterocycles. The summed E-state index contributed by atoms with van der Waals surface area (Å²) in [6.45, 7) is 8.83. The molecule has 0 N–H and O–H groups in total. The Kier molecular flexibility index (Phi) is 3.05. The SMILES string of the molecule is COc1c([SiH3])cc(C)cc1C(C)(C)C. The molecule has 0 saturated carbocycles. The second-order valence-electron chi connectivity index (χ2n) is 4.91. The standard InChI is InChI=1S/C12H20OSi/c1-8-6-9(12(2,3)4)11(13-5)10(14)7-8/h6-7H,1-5,14H3. The zero-order valence-electron chi connectivity index (χ0n) is 10.1. The highest BCUT2D eigenvalue weighted by atomic mass is 28.1. The molecular formula is C12H20OSi. The Morgan fingerprint density at radius 3 is 2.21 bits per heavy atom. The number of aryl methyl sites for hydroxylation is 1. The zero-order chi connectivity index (χ0) is 10.9. The van der Waals surface area contributed by atoms with Crippen LogP contribution in [0.2, 0.25) is 0 Å². The molecule has 78 valence electrons. The number of ether oxygens (including phenoxy) is 1.